The van der Waals surface area contributed by atoms with E-state index >= 15 is 0 Å². The number of halogens is 2. The van der Waals surface area contributed by atoms with Crippen LogP contribution in [0.25, 0.3) is 0 Å². The van der Waals surface area contributed by atoms with Crippen molar-refractivity contribution in [1.29, 1.82) is 0 Å². The minimum atomic E-state index is -1.31. The molecule has 0 fully saturated rings. The molecule has 2 aromatic rings. The first-order valence-electron chi connectivity index (χ1n) is 5.90. The van der Waals surface area contributed by atoms with Crippen LogP contribution in [-0.2, 0) is 5.60 Å². The second kappa shape index (κ2) is 5.87. The topological polar surface area (TPSA) is 62.5 Å². The molecule has 0 radical (unpaired) electrons. The summed E-state index contributed by atoms with van der Waals surface area (Å²) in [6.45, 7) is 1.52. The Morgan fingerprint density at radius 3 is 2.50 bits per heavy atom. The number of amides is 1. The summed E-state index contributed by atoms with van der Waals surface area (Å²) in [5.41, 5.74) is -1.13. The second-order valence-electron chi connectivity index (χ2n) is 4.53. The van der Waals surface area contributed by atoms with Crippen LogP contribution in [0.1, 0.15) is 23.0 Å². The standard InChI is InChI=1S/C14H13Cl2NO3/c1-14(19,11-6-3-7-20-11)8-17-13(18)12-9(15)4-2-5-10(12)16/h2-7,19H,8H2,1H3,(H,17,18). The number of furan rings is 1. The molecule has 20 heavy (non-hydrogen) atoms. The summed E-state index contributed by atoms with van der Waals surface area (Å²) < 4.78 is 5.13. The Kier molecular flexibility index (Phi) is 4.38. The van der Waals surface area contributed by atoms with E-state index in [0.29, 0.717) is 5.76 Å². The average molecular weight is 314 g/mol. The van der Waals surface area contributed by atoms with E-state index in [1.165, 1.54) is 6.26 Å². The van der Waals surface area contributed by atoms with Gasteiger partial charge in [0.05, 0.1) is 28.4 Å². The molecule has 106 valence electrons. The quantitative estimate of drug-likeness (QED) is 0.911. The third-order valence-electron chi connectivity index (χ3n) is 2.83. The first-order chi connectivity index (χ1) is 9.42. The molecular weight excluding hydrogens is 301 g/mol. The normalized spacial score (nSPS) is 13.8. The second-order valence-corrected chi connectivity index (χ2v) is 5.34. The monoisotopic (exact) mass is 313 g/mol. The lowest BCUT2D eigenvalue weighted by Gasteiger charge is -2.21. The van der Waals surface area contributed by atoms with Gasteiger partial charge in [-0.05, 0) is 31.2 Å². The van der Waals surface area contributed by atoms with Crippen LogP contribution in [0.15, 0.2) is 41.0 Å². The van der Waals surface area contributed by atoms with Gasteiger partial charge in [0.25, 0.3) is 5.91 Å². The number of hydrogen-bond donors (Lipinski definition) is 2. The highest BCUT2D eigenvalue weighted by molar-refractivity contribution is 6.39. The predicted molar refractivity (Wildman–Crippen MR) is 77.1 cm³/mol. The van der Waals surface area contributed by atoms with Crippen molar-refractivity contribution >= 4 is 29.1 Å². The number of nitrogens with one attached hydrogen (secondary N) is 1. The lowest BCUT2D eigenvalue weighted by molar-refractivity contribution is 0.0330. The van der Waals surface area contributed by atoms with Crippen molar-refractivity contribution in [3.63, 3.8) is 0 Å². The molecule has 1 aromatic carbocycles. The summed E-state index contributed by atoms with van der Waals surface area (Å²) in [5.74, 6) is -0.0875. The number of carbonyl (C=O) groups excluding carboxylic acids is 1. The molecule has 0 aliphatic carbocycles. The molecule has 4 nitrogen and oxygen atoms in total. The van der Waals surface area contributed by atoms with Crippen LogP contribution in [0.5, 0.6) is 0 Å². The van der Waals surface area contributed by atoms with E-state index in [9.17, 15) is 9.90 Å². The minimum absolute atomic E-state index is 0.0269. The zero-order valence-electron chi connectivity index (χ0n) is 10.7. The van der Waals surface area contributed by atoms with Crippen molar-refractivity contribution in [2.24, 2.45) is 0 Å². The van der Waals surface area contributed by atoms with Gasteiger partial charge < -0.3 is 14.8 Å². The Morgan fingerprint density at radius 2 is 1.95 bits per heavy atom. The Balaban J connectivity index is 2.10. The molecule has 0 aliphatic heterocycles. The first-order valence-corrected chi connectivity index (χ1v) is 6.66. The van der Waals surface area contributed by atoms with Crippen LogP contribution in [-0.4, -0.2) is 17.6 Å². The molecule has 1 unspecified atom stereocenters. The van der Waals surface area contributed by atoms with E-state index < -0.39 is 11.5 Å². The SMILES string of the molecule is CC(O)(CNC(=O)c1c(Cl)cccc1Cl)c1ccco1. The Hall–Kier alpha value is -1.49. The number of aliphatic hydroxyl groups is 1. The molecule has 0 saturated heterocycles. The van der Waals surface area contributed by atoms with E-state index in [0.717, 1.165) is 0 Å². The Labute approximate surface area is 126 Å². The van der Waals surface area contributed by atoms with Crippen LogP contribution in [0, 0.1) is 0 Å². The lowest BCUT2D eigenvalue weighted by Crippen LogP contribution is -2.38. The third kappa shape index (κ3) is 3.15. The van der Waals surface area contributed by atoms with Crippen molar-refractivity contribution in [2.75, 3.05) is 6.54 Å². The highest BCUT2D eigenvalue weighted by Crippen LogP contribution is 2.25. The van der Waals surface area contributed by atoms with Crippen LogP contribution in [0.4, 0.5) is 0 Å². The molecule has 6 heteroatoms. The number of carbonyl (C=O) groups is 1. The molecule has 0 aliphatic rings. The zero-order valence-corrected chi connectivity index (χ0v) is 12.2. The van der Waals surface area contributed by atoms with Gasteiger partial charge in [0, 0.05) is 0 Å². The van der Waals surface area contributed by atoms with Gasteiger partial charge in [-0.15, -0.1) is 0 Å². The van der Waals surface area contributed by atoms with Gasteiger partial charge in [0.2, 0.25) is 0 Å². The molecule has 2 rings (SSSR count). The summed E-state index contributed by atoms with van der Waals surface area (Å²) in [4.78, 5) is 12.1. The molecule has 1 heterocycles. The maximum atomic E-state index is 12.1. The predicted octanol–water partition coefficient (Wildman–Crippen LogP) is 3.22. The Bertz CT molecular complexity index is 589. The maximum Gasteiger partial charge on any atom is 0.254 e. The molecule has 1 atom stereocenters. The van der Waals surface area contributed by atoms with Gasteiger partial charge in [-0.25, -0.2) is 0 Å². The van der Waals surface area contributed by atoms with E-state index in [1.54, 1.807) is 37.3 Å². The van der Waals surface area contributed by atoms with Gasteiger partial charge in [-0.1, -0.05) is 29.3 Å². The highest BCUT2D eigenvalue weighted by atomic mass is 35.5. The van der Waals surface area contributed by atoms with E-state index in [-0.39, 0.29) is 22.2 Å². The van der Waals surface area contributed by atoms with Crippen LogP contribution in [0.3, 0.4) is 0 Å². The zero-order chi connectivity index (χ0) is 14.8. The van der Waals surface area contributed by atoms with Crippen LogP contribution < -0.4 is 5.32 Å². The molecule has 1 aromatic heterocycles. The lowest BCUT2D eigenvalue weighted by atomic mass is 10.0. The van der Waals surface area contributed by atoms with Crippen LogP contribution >= 0.6 is 23.2 Å². The summed E-state index contributed by atoms with van der Waals surface area (Å²) in [7, 11) is 0. The minimum Gasteiger partial charge on any atom is -0.466 e. The van der Waals surface area contributed by atoms with E-state index in [4.69, 9.17) is 27.6 Å². The van der Waals surface area contributed by atoms with Crippen LogP contribution in [0.2, 0.25) is 10.0 Å². The summed E-state index contributed by atoms with van der Waals surface area (Å²) >= 11 is 11.9. The van der Waals surface area contributed by atoms with Gasteiger partial charge in [0.15, 0.2) is 0 Å². The van der Waals surface area contributed by atoms with Crippen molar-refractivity contribution in [3.05, 3.63) is 58.0 Å². The average Bonchev–Trinajstić information content (AvgIpc) is 2.91. The summed E-state index contributed by atoms with van der Waals surface area (Å²) in [5, 5.41) is 13.3. The van der Waals surface area contributed by atoms with Crippen molar-refractivity contribution in [1.82, 2.24) is 5.32 Å². The fourth-order valence-electron chi connectivity index (χ4n) is 1.73. The number of benzene rings is 1. The van der Waals surface area contributed by atoms with Crippen molar-refractivity contribution in [2.45, 2.75) is 12.5 Å². The Morgan fingerprint density at radius 1 is 1.30 bits per heavy atom. The fraction of sp³-hybridized carbons (Fsp3) is 0.214. The maximum absolute atomic E-state index is 12.1. The largest absolute Gasteiger partial charge is 0.466 e. The summed E-state index contributed by atoms with van der Waals surface area (Å²) in [6, 6.07) is 8.10. The molecule has 1 amide bonds. The summed E-state index contributed by atoms with van der Waals surface area (Å²) in [6.07, 6.45) is 1.45. The van der Waals surface area contributed by atoms with Gasteiger partial charge >= 0.3 is 0 Å². The number of hydrogen-bond acceptors (Lipinski definition) is 3. The first kappa shape index (κ1) is 14.9. The van der Waals surface area contributed by atoms with Gasteiger partial charge in [0.1, 0.15) is 11.4 Å². The third-order valence-corrected chi connectivity index (χ3v) is 3.46. The fourth-order valence-corrected chi connectivity index (χ4v) is 2.30. The van der Waals surface area contributed by atoms with Gasteiger partial charge in [-0.2, -0.15) is 0 Å². The van der Waals surface area contributed by atoms with E-state index in [2.05, 4.69) is 5.32 Å². The van der Waals surface area contributed by atoms with Crippen molar-refractivity contribution in [3.8, 4) is 0 Å². The molecule has 2 N–H and O–H groups in total. The smallest absolute Gasteiger partial charge is 0.254 e. The van der Waals surface area contributed by atoms with Gasteiger partial charge in [-0.3, -0.25) is 4.79 Å². The van der Waals surface area contributed by atoms with Crippen molar-refractivity contribution < 1.29 is 14.3 Å². The molecular formula is C14H13Cl2NO3. The highest BCUT2D eigenvalue weighted by Gasteiger charge is 2.27. The number of rotatable bonds is 4. The van der Waals surface area contributed by atoms with E-state index in [1.807, 2.05) is 0 Å². The molecule has 0 spiro atoms. The molecule has 0 saturated carbocycles. The molecule has 0 bridgehead atoms.